The summed E-state index contributed by atoms with van der Waals surface area (Å²) in [6, 6.07) is 0. The van der Waals surface area contributed by atoms with Crippen LogP contribution in [0.5, 0.6) is 0 Å². The predicted octanol–water partition coefficient (Wildman–Crippen LogP) is 2.38. The molecule has 4 nitrogen and oxygen atoms in total. The summed E-state index contributed by atoms with van der Waals surface area (Å²) in [6.07, 6.45) is 3.65. The summed E-state index contributed by atoms with van der Waals surface area (Å²) in [5.41, 5.74) is 0. The van der Waals surface area contributed by atoms with Crippen molar-refractivity contribution in [3.63, 3.8) is 0 Å². The summed E-state index contributed by atoms with van der Waals surface area (Å²) in [5.74, 6) is 1.36. The molecule has 0 aromatic heterocycles. The second kappa shape index (κ2) is 7.59. The third-order valence-corrected chi connectivity index (χ3v) is 4.69. The molecule has 0 spiro atoms. The predicted molar refractivity (Wildman–Crippen MR) is 85.2 cm³/mol. The Morgan fingerprint density at radius 2 is 1.71 bits per heavy atom. The lowest BCUT2D eigenvalue weighted by molar-refractivity contribution is -0.148. The SMILES string of the molecule is CC(C)CCN1CCC(C(=O)N2CC(C)OC(C)C2)CC1. The van der Waals surface area contributed by atoms with Gasteiger partial charge < -0.3 is 14.5 Å². The maximum atomic E-state index is 12.7. The lowest BCUT2D eigenvalue weighted by Gasteiger charge is -2.39. The van der Waals surface area contributed by atoms with Crippen molar-refractivity contribution in [3.8, 4) is 0 Å². The van der Waals surface area contributed by atoms with E-state index >= 15 is 0 Å². The van der Waals surface area contributed by atoms with Gasteiger partial charge in [0.25, 0.3) is 0 Å². The Labute approximate surface area is 129 Å². The van der Waals surface area contributed by atoms with Crippen molar-refractivity contribution in [1.29, 1.82) is 0 Å². The Balaban J connectivity index is 1.77. The maximum absolute atomic E-state index is 12.7. The van der Waals surface area contributed by atoms with Crippen LogP contribution in [-0.4, -0.2) is 60.6 Å². The minimum absolute atomic E-state index is 0.170. The van der Waals surface area contributed by atoms with Crippen molar-refractivity contribution >= 4 is 5.91 Å². The number of nitrogens with zero attached hydrogens (tertiary/aromatic N) is 2. The molecule has 0 bridgehead atoms. The Hall–Kier alpha value is -0.610. The van der Waals surface area contributed by atoms with E-state index in [1.54, 1.807) is 0 Å². The van der Waals surface area contributed by atoms with Crippen LogP contribution in [0.25, 0.3) is 0 Å². The van der Waals surface area contributed by atoms with E-state index in [1.807, 2.05) is 4.90 Å². The number of piperidine rings is 1. The van der Waals surface area contributed by atoms with Gasteiger partial charge in [-0.2, -0.15) is 0 Å². The van der Waals surface area contributed by atoms with Crippen LogP contribution in [-0.2, 0) is 9.53 Å². The Bertz CT molecular complexity index is 328. The molecule has 122 valence electrons. The number of likely N-dealkylation sites (tertiary alicyclic amines) is 1. The van der Waals surface area contributed by atoms with Crippen LogP contribution in [0.3, 0.4) is 0 Å². The highest BCUT2D eigenvalue weighted by atomic mass is 16.5. The number of carbonyl (C=O) groups is 1. The van der Waals surface area contributed by atoms with E-state index in [4.69, 9.17) is 4.74 Å². The number of hydrogen-bond acceptors (Lipinski definition) is 3. The van der Waals surface area contributed by atoms with Crippen molar-refractivity contribution in [2.24, 2.45) is 11.8 Å². The van der Waals surface area contributed by atoms with Gasteiger partial charge in [-0.15, -0.1) is 0 Å². The average Bonchev–Trinajstić information content (AvgIpc) is 2.44. The molecule has 4 heteroatoms. The van der Waals surface area contributed by atoms with Crippen molar-refractivity contribution in [2.45, 2.75) is 59.2 Å². The largest absolute Gasteiger partial charge is 0.372 e. The summed E-state index contributed by atoms with van der Waals surface area (Å²) in [6.45, 7) is 13.5. The minimum atomic E-state index is 0.170. The number of morpholine rings is 1. The van der Waals surface area contributed by atoms with Crippen LogP contribution in [0.4, 0.5) is 0 Å². The smallest absolute Gasteiger partial charge is 0.225 e. The Kier molecular flexibility index (Phi) is 6.06. The van der Waals surface area contributed by atoms with Crippen molar-refractivity contribution in [1.82, 2.24) is 9.80 Å². The van der Waals surface area contributed by atoms with E-state index in [0.717, 1.165) is 44.9 Å². The lowest BCUT2D eigenvalue weighted by atomic mass is 9.94. The summed E-state index contributed by atoms with van der Waals surface area (Å²) in [5, 5.41) is 0. The third-order valence-electron chi connectivity index (χ3n) is 4.69. The Morgan fingerprint density at radius 3 is 2.24 bits per heavy atom. The fraction of sp³-hybridized carbons (Fsp3) is 0.941. The van der Waals surface area contributed by atoms with Gasteiger partial charge in [-0.25, -0.2) is 0 Å². The second-order valence-electron chi connectivity index (χ2n) is 7.30. The molecule has 0 aromatic carbocycles. The highest BCUT2D eigenvalue weighted by Gasteiger charge is 2.32. The molecule has 2 atom stereocenters. The van der Waals surface area contributed by atoms with E-state index < -0.39 is 0 Å². The lowest BCUT2D eigenvalue weighted by Crippen LogP contribution is -2.51. The van der Waals surface area contributed by atoms with Gasteiger partial charge in [0.2, 0.25) is 5.91 Å². The number of ether oxygens (including phenoxy) is 1. The van der Waals surface area contributed by atoms with Crippen LogP contribution in [0, 0.1) is 11.8 Å². The quantitative estimate of drug-likeness (QED) is 0.798. The molecule has 0 aromatic rings. The molecule has 2 aliphatic rings. The van der Waals surface area contributed by atoms with E-state index in [0.29, 0.717) is 5.91 Å². The standard InChI is InChI=1S/C17H32N2O2/c1-13(2)5-8-18-9-6-16(7-10-18)17(20)19-11-14(3)21-15(4)12-19/h13-16H,5-12H2,1-4H3. The Morgan fingerprint density at radius 1 is 1.14 bits per heavy atom. The number of rotatable bonds is 4. The first-order chi connectivity index (χ1) is 9.95. The van der Waals surface area contributed by atoms with Crippen LogP contribution in [0.15, 0.2) is 0 Å². The first-order valence-corrected chi connectivity index (χ1v) is 8.62. The molecular formula is C17H32N2O2. The van der Waals surface area contributed by atoms with Gasteiger partial charge in [0.05, 0.1) is 12.2 Å². The maximum Gasteiger partial charge on any atom is 0.225 e. The zero-order valence-electron chi connectivity index (χ0n) is 14.2. The van der Waals surface area contributed by atoms with Crippen LogP contribution >= 0.6 is 0 Å². The first kappa shape index (κ1) is 16.8. The molecule has 21 heavy (non-hydrogen) atoms. The molecule has 0 saturated carbocycles. The van der Waals surface area contributed by atoms with Gasteiger partial charge >= 0.3 is 0 Å². The van der Waals surface area contributed by atoms with E-state index in [1.165, 1.54) is 13.0 Å². The molecule has 1 amide bonds. The molecule has 2 rings (SSSR count). The zero-order chi connectivity index (χ0) is 15.4. The van der Waals surface area contributed by atoms with Crippen molar-refractivity contribution in [2.75, 3.05) is 32.7 Å². The fourth-order valence-electron chi connectivity index (χ4n) is 3.46. The first-order valence-electron chi connectivity index (χ1n) is 8.62. The van der Waals surface area contributed by atoms with Gasteiger partial charge in [-0.3, -0.25) is 4.79 Å². The summed E-state index contributed by atoms with van der Waals surface area (Å²) in [4.78, 5) is 17.2. The van der Waals surface area contributed by atoms with Crippen molar-refractivity contribution in [3.05, 3.63) is 0 Å². The molecule has 2 fully saturated rings. The van der Waals surface area contributed by atoms with Crippen LogP contribution < -0.4 is 0 Å². The number of hydrogen-bond donors (Lipinski definition) is 0. The fourth-order valence-corrected chi connectivity index (χ4v) is 3.46. The monoisotopic (exact) mass is 296 g/mol. The summed E-state index contributed by atoms with van der Waals surface area (Å²) in [7, 11) is 0. The molecular weight excluding hydrogens is 264 g/mol. The normalized spacial score (nSPS) is 29.1. The molecule has 2 aliphatic heterocycles. The van der Waals surface area contributed by atoms with Gasteiger partial charge in [0.15, 0.2) is 0 Å². The highest BCUT2D eigenvalue weighted by molar-refractivity contribution is 5.79. The van der Waals surface area contributed by atoms with Gasteiger partial charge in [0, 0.05) is 19.0 Å². The summed E-state index contributed by atoms with van der Waals surface area (Å²) < 4.78 is 5.72. The zero-order valence-corrected chi connectivity index (χ0v) is 14.2. The second-order valence-corrected chi connectivity index (χ2v) is 7.30. The molecule has 2 heterocycles. The topological polar surface area (TPSA) is 32.8 Å². The highest BCUT2D eigenvalue weighted by Crippen LogP contribution is 2.22. The third kappa shape index (κ3) is 4.96. The minimum Gasteiger partial charge on any atom is -0.372 e. The van der Waals surface area contributed by atoms with Gasteiger partial charge in [-0.1, -0.05) is 13.8 Å². The van der Waals surface area contributed by atoms with Crippen molar-refractivity contribution < 1.29 is 9.53 Å². The van der Waals surface area contributed by atoms with E-state index in [9.17, 15) is 4.79 Å². The van der Waals surface area contributed by atoms with Crippen LogP contribution in [0.2, 0.25) is 0 Å². The summed E-state index contributed by atoms with van der Waals surface area (Å²) >= 11 is 0. The van der Waals surface area contributed by atoms with Gasteiger partial charge in [-0.05, 0) is 58.7 Å². The molecule has 2 unspecified atom stereocenters. The van der Waals surface area contributed by atoms with Crippen LogP contribution in [0.1, 0.15) is 47.0 Å². The number of amides is 1. The van der Waals surface area contributed by atoms with E-state index in [2.05, 4.69) is 32.6 Å². The van der Waals surface area contributed by atoms with E-state index in [-0.39, 0.29) is 18.1 Å². The molecule has 0 radical (unpaired) electrons. The molecule has 0 N–H and O–H groups in total. The average molecular weight is 296 g/mol. The number of carbonyl (C=O) groups excluding carboxylic acids is 1. The molecule has 0 aliphatic carbocycles. The molecule has 2 saturated heterocycles. The van der Waals surface area contributed by atoms with Gasteiger partial charge in [0.1, 0.15) is 0 Å².